The van der Waals surface area contributed by atoms with Gasteiger partial charge in [0.05, 0.1) is 13.2 Å². The average molecular weight is 294 g/mol. The quantitative estimate of drug-likeness (QED) is 0.758. The van der Waals surface area contributed by atoms with Crippen LogP contribution in [-0.4, -0.2) is 40.8 Å². The van der Waals surface area contributed by atoms with Crippen LogP contribution >= 0.6 is 7.60 Å². The van der Waals surface area contributed by atoms with Gasteiger partial charge in [0.2, 0.25) is 0 Å². The van der Waals surface area contributed by atoms with Crippen LogP contribution in [0.3, 0.4) is 0 Å². The van der Waals surface area contributed by atoms with E-state index < -0.39 is 18.4 Å². The molecule has 0 aromatic rings. The third kappa shape index (κ3) is 2.62. The molecule has 1 N–H and O–H groups in total. The maximum absolute atomic E-state index is 12.9. The first-order chi connectivity index (χ1) is 8.69. The zero-order valence-electron chi connectivity index (χ0n) is 12.4. The van der Waals surface area contributed by atoms with Crippen LogP contribution < -0.4 is 0 Å². The van der Waals surface area contributed by atoms with E-state index in [4.69, 9.17) is 9.05 Å². The molecule has 1 saturated heterocycles. The van der Waals surface area contributed by atoms with E-state index in [9.17, 15) is 14.9 Å². The Bertz CT molecular complexity index is 352. The highest BCUT2D eigenvalue weighted by Gasteiger charge is 2.59. The minimum Gasteiger partial charge on any atom is -0.784 e. The second-order valence-electron chi connectivity index (χ2n) is 5.58. The predicted molar refractivity (Wildman–Crippen MR) is 73.7 cm³/mol. The van der Waals surface area contributed by atoms with Gasteiger partial charge in [-0.05, 0) is 41.0 Å². The maximum atomic E-state index is 12.9. The fraction of sp³-hybridized carbons (Fsp3) is 1.00. The van der Waals surface area contributed by atoms with E-state index >= 15 is 0 Å². The molecule has 1 rings (SSSR count). The first-order valence-electron chi connectivity index (χ1n) is 6.67. The maximum Gasteiger partial charge on any atom is 0.349 e. The number of hydrogen-bond acceptors (Lipinski definition) is 6. The summed E-state index contributed by atoms with van der Waals surface area (Å²) in [6.45, 7) is 8.82. The van der Waals surface area contributed by atoms with Gasteiger partial charge in [-0.2, -0.15) is 0 Å². The number of hydrogen-bond donors (Lipinski definition) is 1. The Labute approximate surface area is 115 Å². The first kappa shape index (κ1) is 17.1. The molecule has 0 amide bonds. The average Bonchev–Trinajstić information content (AvgIpc) is 2.51. The third-order valence-corrected chi connectivity index (χ3v) is 6.74. The Hall–Kier alpha value is 0.0300. The molecule has 7 heteroatoms. The zero-order chi connectivity index (χ0) is 14.9. The predicted octanol–water partition coefficient (Wildman–Crippen LogP) is 2.56. The lowest BCUT2D eigenvalue weighted by Crippen LogP contribution is -2.47. The molecule has 0 aromatic carbocycles. The Morgan fingerprint density at radius 1 is 1.32 bits per heavy atom. The van der Waals surface area contributed by atoms with Crippen molar-refractivity contribution < 1.29 is 18.7 Å². The van der Waals surface area contributed by atoms with Gasteiger partial charge in [-0.3, -0.25) is 4.57 Å². The van der Waals surface area contributed by atoms with Crippen molar-refractivity contribution in [1.29, 1.82) is 0 Å². The third-order valence-electron chi connectivity index (χ3n) is 4.00. The summed E-state index contributed by atoms with van der Waals surface area (Å²) in [5, 5.41) is 21.6. The van der Waals surface area contributed by atoms with Crippen LogP contribution in [0.4, 0.5) is 0 Å². The molecule has 1 aliphatic rings. The molecule has 1 aliphatic heterocycles. The first-order valence-corrected chi connectivity index (χ1v) is 8.21. The molecule has 0 aliphatic carbocycles. The van der Waals surface area contributed by atoms with Gasteiger partial charge in [0, 0.05) is 18.1 Å². The van der Waals surface area contributed by atoms with Gasteiger partial charge in [0.25, 0.3) is 0 Å². The molecule has 1 fully saturated rings. The molecule has 2 atom stereocenters. The van der Waals surface area contributed by atoms with Crippen molar-refractivity contribution in [3.63, 3.8) is 0 Å². The Balaban J connectivity index is 3.18. The van der Waals surface area contributed by atoms with E-state index in [0.29, 0.717) is 0 Å². The van der Waals surface area contributed by atoms with Crippen LogP contribution in [-0.2, 0) is 13.6 Å². The zero-order valence-corrected chi connectivity index (χ0v) is 13.3. The van der Waals surface area contributed by atoms with E-state index in [-0.39, 0.29) is 32.2 Å². The summed E-state index contributed by atoms with van der Waals surface area (Å²) < 4.78 is 23.6. The second-order valence-corrected chi connectivity index (χ2v) is 8.06. The normalized spacial score (nSPS) is 31.8. The highest BCUT2D eigenvalue weighted by molar-refractivity contribution is 7.55. The lowest BCUT2D eigenvalue weighted by molar-refractivity contribution is 0.101. The van der Waals surface area contributed by atoms with Gasteiger partial charge >= 0.3 is 7.60 Å². The van der Waals surface area contributed by atoms with E-state index in [2.05, 4.69) is 0 Å². The van der Waals surface area contributed by atoms with Crippen LogP contribution in [0, 0.1) is 11.1 Å². The lowest BCUT2D eigenvalue weighted by atomic mass is 9.89. The van der Waals surface area contributed by atoms with E-state index in [0.717, 1.165) is 5.06 Å². The van der Waals surface area contributed by atoms with E-state index in [1.54, 1.807) is 34.6 Å². The van der Waals surface area contributed by atoms with Crippen molar-refractivity contribution in [2.75, 3.05) is 19.8 Å². The SMILES string of the molecule is CCOP(=O)(OCC)C1(C)CC(CO)C(C)(C)N1[O-]. The minimum absolute atomic E-state index is 0.125. The highest BCUT2D eigenvalue weighted by atomic mass is 31.2. The Morgan fingerprint density at radius 2 is 1.79 bits per heavy atom. The molecule has 1 heterocycles. The lowest BCUT2D eigenvalue weighted by Gasteiger charge is -2.50. The smallest absolute Gasteiger partial charge is 0.349 e. The molecule has 6 nitrogen and oxygen atoms in total. The number of aliphatic hydroxyl groups excluding tert-OH is 1. The molecule has 0 saturated carbocycles. The number of nitrogens with zero attached hydrogens (tertiary/aromatic N) is 1. The van der Waals surface area contributed by atoms with Crippen molar-refractivity contribution in [1.82, 2.24) is 5.06 Å². The number of rotatable bonds is 6. The fourth-order valence-corrected chi connectivity index (χ4v) is 4.99. The highest BCUT2D eigenvalue weighted by Crippen LogP contribution is 2.67. The van der Waals surface area contributed by atoms with Crippen molar-refractivity contribution >= 4 is 7.60 Å². The van der Waals surface area contributed by atoms with Crippen LogP contribution in [0.5, 0.6) is 0 Å². The largest absolute Gasteiger partial charge is 0.784 e. The van der Waals surface area contributed by atoms with Gasteiger partial charge in [-0.1, -0.05) is 0 Å². The van der Waals surface area contributed by atoms with Crippen molar-refractivity contribution in [2.24, 2.45) is 5.92 Å². The topological polar surface area (TPSA) is 82.1 Å². The molecular formula is C12H25NO5P-. The molecule has 0 radical (unpaired) electrons. The molecule has 0 aromatic heterocycles. The van der Waals surface area contributed by atoms with E-state index in [1.807, 2.05) is 0 Å². The molecule has 19 heavy (non-hydrogen) atoms. The molecule has 0 spiro atoms. The molecular weight excluding hydrogens is 269 g/mol. The molecule has 114 valence electrons. The van der Waals surface area contributed by atoms with Crippen molar-refractivity contribution in [3.05, 3.63) is 5.21 Å². The Morgan fingerprint density at radius 3 is 2.11 bits per heavy atom. The monoisotopic (exact) mass is 294 g/mol. The standard InChI is InChI=1S/C12H25NO5P/c1-6-17-19(16,18-7-2)12(5)8-10(9-14)11(3,4)13(12)15/h10,14H,6-9H2,1-5H3/q-1. The van der Waals surface area contributed by atoms with Crippen molar-refractivity contribution in [2.45, 2.75) is 51.9 Å². The summed E-state index contributed by atoms with van der Waals surface area (Å²) in [4.78, 5) is 0. The van der Waals surface area contributed by atoms with Gasteiger partial charge in [-0.25, -0.2) is 0 Å². The summed E-state index contributed by atoms with van der Waals surface area (Å²) in [6, 6.07) is 0. The summed E-state index contributed by atoms with van der Waals surface area (Å²) in [6.07, 6.45) is 0.289. The van der Waals surface area contributed by atoms with Crippen LogP contribution in [0.2, 0.25) is 0 Å². The summed E-state index contributed by atoms with van der Waals surface area (Å²) >= 11 is 0. The summed E-state index contributed by atoms with van der Waals surface area (Å²) in [5.74, 6) is -0.260. The fourth-order valence-electron chi connectivity index (χ4n) is 2.75. The minimum atomic E-state index is -3.56. The Kier molecular flexibility index (Phi) is 5.21. The molecule has 0 bridgehead atoms. The summed E-state index contributed by atoms with van der Waals surface area (Å²) in [5.41, 5.74) is -0.798. The number of aliphatic hydroxyl groups is 1. The van der Waals surface area contributed by atoms with Gasteiger partial charge < -0.3 is 24.4 Å². The van der Waals surface area contributed by atoms with Crippen LogP contribution in [0.1, 0.15) is 41.0 Å². The number of hydroxylamine groups is 2. The summed E-state index contributed by atoms with van der Waals surface area (Å²) in [7, 11) is -3.56. The van der Waals surface area contributed by atoms with Crippen LogP contribution in [0.25, 0.3) is 0 Å². The van der Waals surface area contributed by atoms with Gasteiger partial charge in [0.1, 0.15) is 5.28 Å². The second kappa shape index (κ2) is 5.80. The van der Waals surface area contributed by atoms with Gasteiger partial charge in [0.15, 0.2) is 0 Å². The van der Waals surface area contributed by atoms with Gasteiger partial charge in [-0.15, -0.1) is 0 Å². The van der Waals surface area contributed by atoms with Crippen LogP contribution in [0.15, 0.2) is 0 Å². The van der Waals surface area contributed by atoms with E-state index in [1.165, 1.54) is 0 Å². The molecule has 2 unspecified atom stereocenters. The van der Waals surface area contributed by atoms with Crippen molar-refractivity contribution in [3.8, 4) is 0 Å².